The fraction of sp³-hybridized carbons (Fsp3) is 0. The smallest absolute Gasteiger partial charge is 0.238 e. The molecule has 0 saturated carbocycles. The van der Waals surface area contributed by atoms with Gasteiger partial charge >= 0.3 is 0 Å². The Morgan fingerprint density at radius 3 is 1.44 bits per heavy atom. The van der Waals surface area contributed by atoms with Crippen molar-refractivity contribution in [1.29, 1.82) is 0 Å². The molecule has 0 radical (unpaired) electrons. The van der Waals surface area contributed by atoms with E-state index >= 15 is 0 Å². The van der Waals surface area contributed by atoms with Gasteiger partial charge in [-0.2, -0.15) is 9.97 Å². The second kappa shape index (κ2) is 15.4. The molecule has 0 atom stereocenters. The zero-order valence-electron chi connectivity index (χ0n) is 35.8. The summed E-state index contributed by atoms with van der Waals surface area (Å²) in [5.41, 5.74) is 14.2. The highest BCUT2D eigenvalue weighted by Crippen LogP contribution is 2.41. The van der Waals surface area contributed by atoms with Crippen LogP contribution in [-0.2, 0) is 0 Å². The Balaban J connectivity index is 1.01. The average Bonchev–Trinajstić information content (AvgIpc) is 3.92. The summed E-state index contributed by atoms with van der Waals surface area (Å²) in [7, 11) is 0. The quantitative estimate of drug-likeness (QED) is 0.161. The van der Waals surface area contributed by atoms with Crippen LogP contribution in [0, 0.1) is 0 Å². The van der Waals surface area contributed by atoms with Gasteiger partial charge in [-0.15, -0.1) is 0 Å². The van der Waals surface area contributed by atoms with Crippen LogP contribution >= 0.6 is 0 Å². The third kappa shape index (κ3) is 6.21. The van der Waals surface area contributed by atoms with Crippen LogP contribution in [-0.4, -0.2) is 24.1 Å². The largest absolute Gasteiger partial charge is 0.309 e. The van der Waals surface area contributed by atoms with Gasteiger partial charge in [-0.1, -0.05) is 200 Å². The Morgan fingerprint density at radius 1 is 0.273 bits per heavy atom. The number of aromatic nitrogens is 5. The molecule has 0 N–H and O–H groups in total. The summed E-state index contributed by atoms with van der Waals surface area (Å²) >= 11 is 0. The first kappa shape index (κ1) is 37.6. The van der Waals surface area contributed by atoms with Crippen molar-refractivity contribution in [3.05, 3.63) is 237 Å². The molecule has 66 heavy (non-hydrogen) atoms. The molecule has 5 heteroatoms. The minimum atomic E-state index is 0.566. The van der Waals surface area contributed by atoms with Gasteiger partial charge in [-0.05, 0) is 69.4 Å². The van der Waals surface area contributed by atoms with Gasteiger partial charge < -0.3 is 4.57 Å². The Kier molecular flexibility index (Phi) is 8.78. The van der Waals surface area contributed by atoms with Crippen LogP contribution in [0.25, 0.3) is 122 Å². The van der Waals surface area contributed by atoms with Gasteiger partial charge in [0, 0.05) is 43.8 Å². The SMILES string of the molecule is c1ccc(-c2ccc(-c3ccc4ccc(-c5nc(-c6ccccc6)nc(-n6c7ccccc7c7cccc(-c8ccccc8)c76)n5)cc4c3)c(-n3c4ccccc4c4ccccc43)c2)cc1. The predicted molar refractivity (Wildman–Crippen MR) is 273 cm³/mol. The fourth-order valence-corrected chi connectivity index (χ4v) is 9.89. The van der Waals surface area contributed by atoms with Crippen LogP contribution < -0.4 is 0 Å². The maximum Gasteiger partial charge on any atom is 0.238 e. The van der Waals surface area contributed by atoms with E-state index in [0.717, 1.165) is 71.6 Å². The first-order valence-electron chi connectivity index (χ1n) is 22.4. The Labute approximate surface area is 381 Å². The number of benzene rings is 10. The first-order chi connectivity index (χ1) is 32.7. The highest BCUT2D eigenvalue weighted by molar-refractivity contribution is 6.14. The molecule has 308 valence electrons. The molecule has 3 aromatic heterocycles. The minimum absolute atomic E-state index is 0.566. The van der Waals surface area contributed by atoms with Crippen LogP contribution in [0.15, 0.2) is 237 Å². The van der Waals surface area contributed by atoms with Crippen LogP contribution in [0.5, 0.6) is 0 Å². The average molecular weight is 842 g/mol. The highest BCUT2D eigenvalue weighted by atomic mass is 15.2. The van der Waals surface area contributed by atoms with Gasteiger partial charge in [-0.3, -0.25) is 4.57 Å². The Bertz CT molecular complexity index is 3930. The van der Waals surface area contributed by atoms with Crippen molar-refractivity contribution in [1.82, 2.24) is 24.1 Å². The molecular formula is C61H39N5. The molecule has 0 spiro atoms. The van der Waals surface area contributed by atoms with Gasteiger partial charge in [-0.25, -0.2) is 4.98 Å². The van der Waals surface area contributed by atoms with E-state index in [-0.39, 0.29) is 0 Å². The summed E-state index contributed by atoms with van der Waals surface area (Å²) in [4.78, 5) is 15.9. The molecule has 0 unspecified atom stereocenters. The lowest BCUT2D eigenvalue weighted by Crippen LogP contribution is -2.07. The lowest BCUT2D eigenvalue weighted by atomic mass is 9.95. The second-order valence-electron chi connectivity index (χ2n) is 16.8. The molecule has 0 saturated heterocycles. The van der Waals surface area contributed by atoms with Crippen LogP contribution in [0.3, 0.4) is 0 Å². The molecule has 3 heterocycles. The van der Waals surface area contributed by atoms with E-state index in [0.29, 0.717) is 17.6 Å². The van der Waals surface area contributed by atoms with Gasteiger partial charge in [0.2, 0.25) is 5.95 Å². The van der Waals surface area contributed by atoms with Crippen LogP contribution in [0.1, 0.15) is 0 Å². The molecule has 0 bridgehead atoms. The monoisotopic (exact) mass is 841 g/mol. The topological polar surface area (TPSA) is 48.5 Å². The standard InChI is InChI=1S/C61H39N5/c1-4-17-40(18-5-1)44-35-36-48(57(39-44)65-54-28-13-10-23-50(54)51-24-11-14-29-55(51)65)45-33-31-41-32-34-46(38-47(41)37-45)60-62-59(43-21-8-3-9-22-43)63-61(64-60)66-56-30-15-12-25-52(56)53-27-16-26-49(58(53)66)42-19-6-2-7-20-42/h1-39H. The summed E-state index contributed by atoms with van der Waals surface area (Å²) < 4.78 is 4.65. The summed E-state index contributed by atoms with van der Waals surface area (Å²) in [5, 5.41) is 6.98. The second-order valence-corrected chi connectivity index (χ2v) is 16.8. The van der Waals surface area contributed by atoms with E-state index in [1.165, 1.54) is 32.9 Å². The molecule has 13 rings (SSSR count). The van der Waals surface area contributed by atoms with Crippen LogP contribution in [0.2, 0.25) is 0 Å². The lowest BCUT2D eigenvalue weighted by Gasteiger charge is -2.17. The van der Waals surface area contributed by atoms with Crippen molar-refractivity contribution in [2.45, 2.75) is 0 Å². The zero-order chi connectivity index (χ0) is 43.6. The third-order valence-corrected chi connectivity index (χ3v) is 13.0. The number of hydrogen-bond acceptors (Lipinski definition) is 3. The third-order valence-electron chi connectivity index (χ3n) is 13.0. The van der Waals surface area contributed by atoms with Crippen molar-refractivity contribution in [3.63, 3.8) is 0 Å². The molecule has 13 aromatic rings. The molecule has 10 aromatic carbocycles. The van der Waals surface area contributed by atoms with Crippen molar-refractivity contribution in [2.75, 3.05) is 0 Å². The molecule has 0 aliphatic carbocycles. The number of hydrogen-bond donors (Lipinski definition) is 0. The highest BCUT2D eigenvalue weighted by Gasteiger charge is 2.21. The van der Waals surface area contributed by atoms with E-state index in [9.17, 15) is 0 Å². The summed E-state index contributed by atoms with van der Waals surface area (Å²) in [6.07, 6.45) is 0. The number of nitrogens with zero attached hydrogens (tertiary/aromatic N) is 5. The Morgan fingerprint density at radius 2 is 0.773 bits per heavy atom. The maximum atomic E-state index is 5.38. The molecule has 0 aliphatic rings. The normalized spacial score (nSPS) is 11.6. The zero-order valence-corrected chi connectivity index (χ0v) is 35.8. The molecule has 5 nitrogen and oxygen atoms in total. The number of para-hydroxylation sites is 4. The van der Waals surface area contributed by atoms with Gasteiger partial charge in [0.15, 0.2) is 11.6 Å². The maximum absolute atomic E-state index is 5.38. The van der Waals surface area contributed by atoms with Gasteiger partial charge in [0.1, 0.15) is 0 Å². The molecule has 0 fully saturated rings. The number of fused-ring (bicyclic) bond motifs is 7. The van der Waals surface area contributed by atoms with Crippen molar-refractivity contribution in [3.8, 4) is 67.8 Å². The van der Waals surface area contributed by atoms with Gasteiger partial charge in [0.05, 0.1) is 27.8 Å². The molecule has 0 amide bonds. The predicted octanol–water partition coefficient (Wildman–Crippen LogP) is 15.6. The summed E-state index contributed by atoms with van der Waals surface area (Å²) in [5.74, 6) is 1.78. The van der Waals surface area contributed by atoms with E-state index in [2.05, 4.69) is 228 Å². The molecular weight excluding hydrogens is 803 g/mol. The summed E-state index contributed by atoms with van der Waals surface area (Å²) in [6.45, 7) is 0. The summed E-state index contributed by atoms with van der Waals surface area (Å²) in [6, 6.07) is 84.1. The first-order valence-corrected chi connectivity index (χ1v) is 22.4. The molecule has 0 aliphatic heterocycles. The van der Waals surface area contributed by atoms with E-state index in [4.69, 9.17) is 15.0 Å². The fourth-order valence-electron chi connectivity index (χ4n) is 9.89. The van der Waals surface area contributed by atoms with Gasteiger partial charge in [0.25, 0.3) is 0 Å². The minimum Gasteiger partial charge on any atom is -0.309 e. The lowest BCUT2D eigenvalue weighted by molar-refractivity contribution is 0.954. The van der Waals surface area contributed by atoms with Crippen molar-refractivity contribution >= 4 is 54.4 Å². The van der Waals surface area contributed by atoms with E-state index < -0.39 is 0 Å². The van der Waals surface area contributed by atoms with E-state index in [1.807, 2.05) is 18.2 Å². The van der Waals surface area contributed by atoms with E-state index in [1.54, 1.807) is 0 Å². The van der Waals surface area contributed by atoms with Crippen molar-refractivity contribution < 1.29 is 0 Å². The Hall–Kier alpha value is -8.93. The van der Waals surface area contributed by atoms with Crippen molar-refractivity contribution in [2.24, 2.45) is 0 Å². The number of rotatable bonds is 7. The van der Waals surface area contributed by atoms with Crippen LogP contribution in [0.4, 0.5) is 0 Å².